The summed E-state index contributed by atoms with van der Waals surface area (Å²) in [4.78, 5) is 13.9. The molecule has 19 heavy (non-hydrogen) atoms. The molecular weight excluding hydrogens is 240 g/mol. The van der Waals surface area contributed by atoms with Gasteiger partial charge >= 0.3 is 0 Å². The summed E-state index contributed by atoms with van der Waals surface area (Å²) >= 11 is 0. The predicted octanol–water partition coefficient (Wildman–Crippen LogP) is 1.88. The quantitative estimate of drug-likeness (QED) is 0.822. The third-order valence-electron chi connectivity index (χ3n) is 3.15. The van der Waals surface area contributed by atoms with Crippen molar-refractivity contribution in [2.75, 3.05) is 11.9 Å². The fourth-order valence-corrected chi connectivity index (χ4v) is 1.77. The van der Waals surface area contributed by atoms with Crippen LogP contribution in [0.2, 0.25) is 0 Å². The van der Waals surface area contributed by atoms with Gasteiger partial charge in [-0.2, -0.15) is 10.4 Å². The SMILES string of the molecule is Cc1c(C(=O)N(C)c2ccc(C#N)cc2)cnn1C. The van der Waals surface area contributed by atoms with Gasteiger partial charge in [-0.1, -0.05) is 0 Å². The second-order valence-electron chi connectivity index (χ2n) is 4.29. The van der Waals surface area contributed by atoms with Crippen molar-refractivity contribution in [2.45, 2.75) is 6.92 Å². The van der Waals surface area contributed by atoms with E-state index in [-0.39, 0.29) is 5.91 Å². The smallest absolute Gasteiger partial charge is 0.261 e. The number of anilines is 1. The molecule has 0 aliphatic carbocycles. The number of hydrogen-bond acceptors (Lipinski definition) is 3. The van der Waals surface area contributed by atoms with Crippen LogP contribution in [0.15, 0.2) is 30.5 Å². The summed E-state index contributed by atoms with van der Waals surface area (Å²) in [5, 5.41) is 12.8. The van der Waals surface area contributed by atoms with E-state index >= 15 is 0 Å². The molecule has 96 valence electrons. The van der Waals surface area contributed by atoms with Gasteiger partial charge in [0.25, 0.3) is 5.91 Å². The molecule has 0 bridgehead atoms. The Morgan fingerprint density at radius 1 is 1.37 bits per heavy atom. The van der Waals surface area contributed by atoms with Crippen LogP contribution in [-0.4, -0.2) is 22.7 Å². The lowest BCUT2D eigenvalue weighted by atomic mass is 10.2. The first kappa shape index (κ1) is 12.8. The van der Waals surface area contributed by atoms with Crippen LogP contribution in [-0.2, 0) is 7.05 Å². The van der Waals surface area contributed by atoms with Crippen molar-refractivity contribution in [3.63, 3.8) is 0 Å². The Balaban J connectivity index is 2.28. The Hall–Kier alpha value is -2.61. The molecule has 0 radical (unpaired) electrons. The number of nitrogens with zero attached hydrogens (tertiary/aromatic N) is 4. The normalized spacial score (nSPS) is 10.0. The van der Waals surface area contributed by atoms with Gasteiger partial charge in [-0.15, -0.1) is 0 Å². The Labute approximate surface area is 111 Å². The van der Waals surface area contributed by atoms with E-state index in [1.807, 2.05) is 13.0 Å². The second kappa shape index (κ2) is 4.94. The number of amides is 1. The molecule has 0 saturated carbocycles. The highest BCUT2D eigenvalue weighted by molar-refractivity contribution is 6.06. The van der Waals surface area contributed by atoms with Gasteiger partial charge < -0.3 is 4.90 Å². The van der Waals surface area contributed by atoms with Crippen molar-refractivity contribution in [1.29, 1.82) is 5.26 Å². The van der Waals surface area contributed by atoms with E-state index in [2.05, 4.69) is 5.10 Å². The fraction of sp³-hybridized carbons (Fsp3) is 0.214. The molecule has 5 heteroatoms. The van der Waals surface area contributed by atoms with Crippen molar-refractivity contribution in [1.82, 2.24) is 9.78 Å². The molecule has 1 aromatic heterocycles. The minimum atomic E-state index is -0.115. The zero-order valence-electron chi connectivity index (χ0n) is 11.1. The maximum absolute atomic E-state index is 12.3. The van der Waals surface area contributed by atoms with E-state index in [0.29, 0.717) is 11.1 Å². The standard InChI is InChI=1S/C14H14N4O/c1-10-13(9-16-18(10)3)14(19)17(2)12-6-4-11(8-15)5-7-12/h4-7,9H,1-3H3. The molecule has 0 unspecified atom stereocenters. The molecular formula is C14H14N4O. The zero-order chi connectivity index (χ0) is 14.0. The monoisotopic (exact) mass is 254 g/mol. The summed E-state index contributed by atoms with van der Waals surface area (Å²) < 4.78 is 1.67. The Kier molecular flexibility index (Phi) is 3.34. The second-order valence-corrected chi connectivity index (χ2v) is 4.29. The molecule has 1 amide bonds. The first-order valence-electron chi connectivity index (χ1n) is 5.81. The molecule has 0 fully saturated rings. The molecule has 2 aromatic rings. The molecule has 0 saturated heterocycles. The van der Waals surface area contributed by atoms with Gasteiger partial charge in [-0.05, 0) is 31.2 Å². The van der Waals surface area contributed by atoms with Gasteiger partial charge in [0.15, 0.2) is 0 Å². The van der Waals surface area contributed by atoms with Crippen molar-refractivity contribution in [3.8, 4) is 6.07 Å². The summed E-state index contributed by atoms with van der Waals surface area (Å²) in [5.74, 6) is -0.115. The molecule has 0 N–H and O–H groups in total. The summed E-state index contributed by atoms with van der Waals surface area (Å²) in [6.07, 6.45) is 1.57. The molecule has 5 nitrogen and oxygen atoms in total. The number of aromatic nitrogens is 2. The van der Waals surface area contributed by atoms with Crippen molar-refractivity contribution in [3.05, 3.63) is 47.3 Å². The highest BCUT2D eigenvalue weighted by Gasteiger charge is 2.18. The van der Waals surface area contributed by atoms with Gasteiger partial charge in [-0.3, -0.25) is 9.48 Å². The van der Waals surface area contributed by atoms with E-state index in [9.17, 15) is 4.79 Å². The maximum Gasteiger partial charge on any atom is 0.261 e. The average molecular weight is 254 g/mol. The molecule has 1 aromatic carbocycles. The first-order chi connectivity index (χ1) is 9.04. The zero-order valence-corrected chi connectivity index (χ0v) is 11.1. The summed E-state index contributed by atoms with van der Waals surface area (Å²) in [6, 6.07) is 8.93. The number of rotatable bonds is 2. The molecule has 0 spiro atoms. The highest BCUT2D eigenvalue weighted by atomic mass is 16.2. The highest BCUT2D eigenvalue weighted by Crippen LogP contribution is 2.17. The minimum absolute atomic E-state index is 0.115. The minimum Gasteiger partial charge on any atom is -0.311 e. The van der Waals surface area contributed by atoms with E-state index in [0.717, 1.165) is 11.4 Å². The van der Waals surface area contributed by atoms with Gasteiger partial charge in [-0.25, -0.2) is 0 Å². The molecule has 0 atom stereocenters. The van der Waals surface area contributed by atoms with Crippen LogP contribution >= 0.6 is 0 Å². The van der Waals surface area contributed by atoms with Crippen LogP contribution in [0.4, 0.5) is 5.69 Å². The number of carbonyl (C=O) groups excluding carboxylic acids is 1. The lowest BCUT2D eigenvalue weighted by molar-refractivity contribution is 0.0992. The largest absolute Gasteiger partial charge is 0.311 e. The predicted molar refractivity (Wildman–Crippen MR) is 71.8 cm³/mol. The van der Waals surface area contributed by atoms with E-state index in [4.69, 9.17) is 5.26 Å². The third-order valence-corrected chi connectivity index (χ3v) is 3.15. The summed E-state index contributed by atoms with van der Waals surface area (Å²) in [6.45, 7) is 1.85. The van der Waals surface area contributed by atoms with Gasteiger partial charge in [0.05, 0.1) is 23.4 Å². The lowest BCUT2D eigenvalue weighted by Crippen LogP contribution is -2.26. The maximum atomic E-state index is 12.3. The molecule has 1 heterocycles. The summed E-state index contributed by atoms with van der Waals surface area (Å²) in [7, 11) is 3.50. The number of aryl methyl sites for hydroxylation is 1. The Bertz CT molecular complexity index is 649. The fourth-order valence-electron chi connectivity index (χ4n) is 1.77. The van der Waals surface area contributed by atoms with E-state index in [1.54, 1.807) is 54.1 Å². The lowest BCUT2D eigenvalue weighted by Gasteiger charge is -2.17. The molecule has 2 rings (SSSR count). The van der Waals surface area contributed by atoms with Crippen LogP contribution in [0.25, 0.3) is 0 Å². The topological polar surface area (TPSA) is 61.9 Å². The van der Waals surface area contributed by atoms with Crippen LogP contribution in [0.3, 0.4) is 0 Å². The number of nitriles is 1. The van der Waals surface area contributed by atoms with Crippen LogP contribution in [0.5, 0.6) is 0 Å². The van der Waals surface area contributed by atoms with Crippen LogP contribution < -0.4 is 4.90 Å². The Morgan fingerprint density at radius 2 is 2.00 bits per heavy atom. The van der Waals surface area contributed by atoms with Crippen molar-refractivity contribution >= 4 is 11.6 Å². The number of benzene rings is 1. The van der Waals surface area contributed by atoms with E-state index < -0.39 is 0 Å². The number of carbonyl (C=O) groups is 1. The van der Waals surface area contributed by atoms with Gasteiger partial charge in [0, 0.05) is 25.5 Å². The van der Waals surface area contributed by atoms with Gasteiger partial charge in [0.2, 0.25) is 0 Å². The van der Waals surface area contributed by atoms with Crippen molar-refractivity contribution in [2.24, 2.45) is 7.05 Å². The van der Waals surface area contributed by atoms with Gasteiger partial charge in [0.1, 0.15) is 0 Å². The third kappa shape index (κ3) is 2.33. The van der Waals surface area contributed by atoms with Crippen LogP contribution in [0.1, 0.15) is 21.6 Å². The average Bonchev–Trinajstić information content (AvgIpc) is 2.77. The number of hydrogen-bond donors (Lipinski definition) is 0. The summed E-state index contributed by atoms with van der Waals surface area (Å²) in [5.41, 5.74) is 2.72. The van der Waals surface area contributed by atoms with E-state index in [1.165, 1.54) is 0 Å². The molecule has 0 aliphatic rings. The Morgan fingerprint density at radius 3 is 2.47 bits per heavy atom. The van der Waals surface area contributed by atoms with Crippen LogP contribution in [0, 0.1) is 18.3 Å². The van der Waals surface area contributed by atoms with Crippen molar-refractivity contribution < 1.29 is 4.79 Å². The molecule has 0 aliphatic heterocycles. The first-order valence-corrected chi connectivity index (χ1v) is 5.81.